The molecule has 3 heteroatoms. The minimum absolute atomic E-state index is 0.344. The van der Waals surface area contributed by atoms with E-state index in [2.05, 4.69) is 48.2 Å². The SMILES string of the molecule is CC1CC(N[C@H](C)c2ccccn2)CCN1C. The van der Waals surface area contributed by atoms with E-state index >= 15 is 0 Å². The van der Waals surface area contributed by atoms with Gasteiger partial charge in [-0.15, -0.1) is 0 Å². The quantitative estimate of drug-likeness (QED) is 0.867. The highest BCUT2D eigenvalue weighted by Gasteiger charge is 2.23. The third-order valence-electron chi connectivity index (χ3n) is 3.83. The zero-order chi connectivity index (χ0) is 12.3. The van der Waals surface area contributed by atoms with Gasteiger partial charge < -0.3 is 10.2 Å². The van der Waals surface area contributed by atoms with Gasteiger partial charge in [0, 0.05) is 24.3 Å². The van der Waals surface area contributed by atoms with Gasteiger partial charge in [-0.1, -0.05) is 6.07 Å². The fourth-order valence-corrected chi connectivity index (χ4v) is 2.51. The predicted octanol–water partition coefficient (Wildman–Crippen LogP) is 2.21. The van der Waals surface area contributed by atoms with Gasteiger partial charge in [0.25, 0.3) is 0 Å². The topological polar surface area (TPSA) is 28.2 Å². The number of piperidine rings is 1. The Balaban J connectivity index is 1.89. The Morgan fingerprint density at radius 3 is 2.94 bits per heavy atom. The molecule has 0 aliphatic carbocycles. The highest BCUT2D eigenvalue weighted by molar-refractivity contribution is 5.08. The summed E-state index contributed by atoms with van der Waals surface area (Å²) in [6.07, 6.45) is 4.33. The maximum absolute atomic E-state index is 4.41. The maximum atomic E-state index is 4.41. The Morgan fingerprint density at radius 2 is 2.29 bits per heavy atom. The van der Waals surface area contributed by atoms with E-state index in [-0.39, 0.29) is 0 Å². The number of nitrogens with zero attached hydrogens (tertiary/aromatic N) is 2. The molecule has 1 saturated heterocycles. The smallest absolute Gasteiger partial charge is 0.0570 e. The summed E-state index contributed by atoms with van der Waals surface area (Å²) in [6.45, 7) is 5.69. The average Bonchev–Trinajstić information content (AvgIpc) is 2.35. The molecule has 0 spiro atoms. The Morgan fingerprint density at radius 1 is 1.47 bits per heavy atom. The lowest BCUT2D eigenvalue weighted by Gasteiger charge is -2.36. The van der Waals surface area contributed by atoms with Crippen molar-refractivity contribution < 1.29 is 0 Å². The van der Waals surface area contributed by atoms with Crippen LogP contribution in [0.15, 0.2) is 24.4 Å². The lowest BCUT2D eigenvalue weighted by molar-refractivity contribution is 0.163. The lowest BCUT2D eigenvalue weighted by atomic mass is 9.98. The first kappa shape index (κ1) is 12.5. The predicted molar refractivity (Wildman–Crippen MR) is 70.9 cm³/mol. The van der Waals surface area contributed by atoms with E-state index < -0.39 is 0 Å². The molecule has 3 nitrogen and oxygen atoms in total. The zero-order valence-corrected chi connectivity index (χ0v) is 11.1. The van der Waals surface area contributed by atoms with Gasteiger partial charge in [0.1, 0.15) is 0 Å². The van der Waals surface area contributed by atoms with Crippen LogP contribution in [0.3, 0.4) is 0 Å². The fourth-order valence-electron chi connectivity index (χ4n) is 2.51. The van der Waals surface area contributed by atoms with Crippen molar-refractivity contribution in [2.45, 2.75) is 44.8 Å². The standard InChI is InChI=1S/C14H23N3/c1-11-10-13(7-9-17(11)3)16-12(2)14-6-4-5-8-15-14/h4-6,8,11-13,16H,7,9-10H2,1-3H3/t11?,12-,13?/m1/s1. The molecular weight excluding hydrogens is 210 g/mol. The van der Waals surface area contributed by atoms with E-state index in [1.807, 2.05) is 12.3 Å². The van der Waals surface area contributed by atoms with Gasteiger partial charge in [0.2, 0.25) is 0 Å². The molecule has 1 N–H and O–H groups in total. The molecule has 2 heterocycles. The maximum Gasteiger partial charge on any atom is 0.0570 e. The normalized spacial score (nSPS) is 27.9. The Bertz CT molecular complexity index is 339. The summed E-state index contributed by atoms with van der Waals surface area (Å²) in [7, 11) is 2.21. The van der Waals surface area contributed by atoms with Crippen molar-refractivity contribution in [2.75, 3.05) is 13.6 Å². The molecule has 1 aliphatic heterocycles. The minimum atomic E-state index is 0.344. The first-order chi connectivity index (χ1) is 8.16. The molecule has 2 unspecified atom stereocenters. The molecule has 0 saturated carbocycles. The van der Waals surface area contributed by atoms with Crippen LogP contribution < -0.4 is 5.32 Å². The van der Waals surface area contributed by atoms with Crippen molar-refractivity contribution in [2.24, 2.45) is 0 Å². The van der Waals surface area contributed by atoms with E-state index in [0.29, 0.717) is 18.1 Å². The van der Waals surface area contributed by atoms with E-state index in [9.17, 15) is 0 Å². The molecule has 1 aliphatic rings. The number of hydrogen-bond donors (Lipinski definition) is 1. The summed E-state index contributed by atoms with van der Waals surface area (Å²) in [4.78, 5) is 6.84. The highest BCUT2D eigenvalue weighted by atomic mass is 15.1. The van der Waals surface area contributed by atoms with E-state index in [0.717, 1.165) is 5.69 Å². The average molecular weight is 233 g/mol. The molecule has 17 heavy (non-hydrogen) atoms. The van der Waals surface area contributed by atoms with E-state index in [1.54, 1.807) is 0 Å². The Hall–Kier alpha value is -0.930. The van der Waals surface area contributed by atoms with Crippen LogP contribution in [0.1, 0.15) is 38.4 Å². The summed E-state index contributed by atoms with van der Waals surface area (Å²) in [5.74, 6) is 0. The first-order valence-corrected chi connectivity index (χ1v) is 6.54. The Kier molecular flexibility index (Phi) is 4.13. The summed E-state index contributed by atoms with van der Waals surface area (Å²) in [6, 6.07) is 7.76. The second-order valence-corrected chi connectivity index (χ2v) is 5.19. The van der Waals surface area contributed by atoms with Crippen LogP contribution in [0.4, 0.5) is 0 Å². The van der Waals surface area contributed by atoms with Crippen molar-refractivity contribution in [1.29, 1.82) is 0 Å². The molecule has 94 valence electrons. The van der Waals surface area contributed by atoms with Gasteiger partial charge in [-0.05, 0) is 52.4 Å². The van der Waals surface area contributed by atoms with Crippen LogP contribution in [-0.4, -0.2) is 35.6 Å². The molecule has 2 rings (SSSR count). The van der Waals surface area contributed by atoms with Crippen LogP contribution >= 0.6 is 0 Å². The van der Waals surface area contributed by atoms with E-state index in [4.69, 9.17) is 0 Å². The van der Waals surface area contributed by atoms with Gasteiger partial charge in [0.15, 0.2) is 0 Å². The number of likely N-dealkylation sites (tertiary alicyclic amines) is 1. The lowest BCUT2D eigenvalue weighted by Crippen LogP contribution is -2.46. The van der Waals surface area contributed by atoms with Crippen molar-refractivity contribution in [3.63, 3.8) is 0 Å². The largest absolute Gasteiger partial charge is 0.306 e. The molecule has 3 atom stereocenters. The second kappa shape index (κ2) is 5.61. The molecule has 0 radical (unpaired) electrons. The highest BCUT2D eigenvalue weighted by Crippen LogP contribution is 2.18. The Labute approximate surface area is 104 Å². The summed E-state index contributed by atoms with van der Waals surface area (Å²) < 4.78 is 0. The number of aromatic nitrogens is 1. The third kappa shape index (κ3) is 3.27. The summed E-state index contributed by atoms with van der Waals surface area (Å²) >= 11 is 0. The number of hydrogen-bond acceptors (Lipinski definition) is 3. The third-order valence-corrected chi connectivity index (χ3v) is 3.83. The van der Waals surface area contributed by atoms with Gasteiger partial charge in [-0.2, -0.15) is 0 Å². The molecule has 0 aromatic carbocycles. The van der Waals surface area contributed by atoms with Crippen LogP contribution in [0, 0.1) is 0 Å². The molecular formula is C14H23N3. The summed E-state index contributed by atoms with van der Waals surface area (Å²) in [5, 5.41) is 3.70. The first-order valence-electron chi connectivity index (χ1n) is 6.54. The van der Waals surface area contributed by atoms with Gasteiger partial charge in [-0.3, -0.25) is 4.98 Å². The van der Waals surface area contributed by atoms with Crippen LogP contribution in [0.25, 0.3) is 0 Å². The molecule has 1 aromatic rings. The zero-order valence-electron chi connectivity index (χ0n) is 11.1. The fraction of sp³-hybridized carbons (Fsp3) is 0.643. The van der Waals surface area contributed by atoms with Crippen molar-refractivity contribution >= 4 is 0 Å². The molecule has 0 amide bonds. The van der Waals surface area contributed by atoms with Gasteiger partial charge in [-0.25, -0.2) is 0 Å². The van der Waals surface area contributed by atoms with E-state index in [1.165, 1.54) is 19.4 Å². The van der Waals surface area contributed by atoms with Gasteiger partial charge >= 0.3 is 0 Å². The number of pyridine rings is 1. The van der Waals surface area contributed by atoms with Crippen molar-refractivity contribution in [3.8, 4) is 0 Å². The van der Waals surface area contributed by atoms with Crippen molar-refractivity contribution in [3.05, 3.63) is 30.1 Å². The monoisotopic (exact) mass is 233 g/mol. The summed E-state index contributed by atoms with van der Waals surface area (Å²) in [5.41, 5.74) is 1.14. The van der Waals surface area contributed by atoms with Crippen LogP contribution in [0.5, 0.6) is 0 Å². The number of rotatable bonds is 3. The van der Waals surface area contributed by atoms with Crippen LogP contribution in [-0.2, 0) is 0 Å². The van der Waals surface area contributed by atoms with Gasteiger partial charge in [0.05, 0.1) is 5.69 Å². The molecule has 1 fully saturated rings. The molecule has 0 bridgehead atoms. The number of nitrogens with one attached hydrogen (secondary N) is 1. The van der Waals surface area contributed by atoms with Crippen molar-refractivity contribution in [1.82, 2.24) is 15.2 Å². The van der Waals surface area contributed by atoms with Crippen LogP contribution in [0.2, 0.25) is 0 Å². The second-order valence-electron chi connectivity index (χ2n) is 5.19. The minimum Gasteiger partial charge on any atom is -0.306 e. The molecule has 1 aromatic heterocycles.